The fourth-order valence-electron chi connectivity index (χ4n) is 4.51. The Kier molecular flexibility index (Phi) is 11.0. The zero-order chi connectivity index (χ0) is 27.1. The maximum atomic E-state index is 13.8. The summed E-state index contributed by atoms with van der Waals surface area (Å²) in [4.78, 5) is 43.2. The first-order chi connectivity index (χ1) is 16.1. The van der Waals surface area contributed by atoms with Gasteiger partial charge >= 0.3 is 5.97 Å². The van der Waals surface area contributed by atoms with Crippen LogP contribution in [-0.4, -0.2) is 71.4 Å². The Morgan fingerprint density at radius 1 is 1.20 bits per heavy atom. The number of nitrogens with zero attached hydrogens (tertiary/aromatic N) is 2. The van der Waals surface area contributed by atoms with E-state index in [1.54, 1.807) is 31.9 Å². The Morgan fingerprint density at radius 3 is 2.29 bits per heavy atom. The second-order valence-electron chi connectivity index (χ2n) is 11.5. The molecule has 7 heteroatoms. The third-order valence-electron chi connectivity index (χ3n) is 6.77. The molecule has 0 aromatic carbocycles. The molecule has 0 aromatic rings. The van der Waals surface area contributed by atoms with Crippen molar-refractivity contribution in [2.45, 2.75) is 105 Å². The molecule has 2 unspecified atom stereocenters. The standard InChI is InChI=1S/C28H47N3O4/c1-12-28(9,10)31-17-15-14-16-21(31)24(32)29-23(27(6,7)8)25(33)30(11)22(19(3)4)18-20(5)26(34)35-13-2/h1,18-19,21-23H,13-17H2,2-11H3,(H,29,32)/b20-18+/t21-,22?,23?/m1/s1. The largest absolute Gasteiger partial charge is 0.463 e. The van der Waals surface area contributed by atoms with Crippen LogP contribution in [0.3, 0.4) is 0 Å². The first-order valence-corrected chi connectivity index (χ1v) is 12.8. The minimum atomic E-state index is -0.740. The van der Waals surface area contributed by atoms with E-state index < -0.39 is 23.0 Å². The van der Waals surface area contributed by atoms with Crippen molar-refractivity contribution < 1.29 is 19.1 Å². The van der Waals surface area contributed by atoms with Gasteiger partial charge in [0.1, 0.15) is 6.04 Å². The maximum Gasteiger partial charge on any atom is 0.333 e. The lowest BCUT2D eigenvalue weighted by Gasteiger charge is -2.44. The summed E-state index contributed by atoms with van der Waals surface area (Å²) in [6.45, 7) is 18.2. The van der Waals surface area contributed by atoms with E-state index in [2.05, 4.69) is 16.1 Å². The zero-order valence-corrected chi connectivity index (χ0v) is 23.5. The molecular weight excluding hydrogens is 442 g/mol. The van der Waals surface area contributed by atoms with Gasteiger partial charge in [0.05, 0.1) is 24.2 Å². The van der Waals surface area contributed by atoms with Crippen LogP contribution in [0.1, 0.15) is 81.6 Å². The number of hydrogen-bond donors (Lipinski definition) is 1. The smallest absolute Gasteiger partial charge is 0.333 e. The van der Waals surface area contributed by atoms with Crippen molar-refractivity contribution in [3.8, 4) is 12.3 Å². The molecule has 3 atom stereocenters. The summed E-state index contributed by atoms with van der Waals surface area (Å²) < 4.78 is 5.11. The third-order valence-corrected chi connectivity index (χ3v) is 6.77. The molecule has 1 saturated heterocycles. The number of likely N-dealkylation sites (N-methyl/N-ethyl adjacent to an activating group) is 1. The summed E-state index contributed by atoms with van der Waals surface area (Å²) in [6, 6.07) is -1.46. The van der Waals surface area contributed by atoms with E-state index in [0.29, 0.717) is 12.0 Å². The average molecular weight is 490 g/mol. The highest BCUT2D eigenvalue weighted by molar-refractivity contribution is 5.91. The molecule has 35 heavy (non-hydrogen) atoms. The molecule has 0 radical (unpaired) electrons. The van der Waals surface area contributed by atoms with Gasteiger partial charge in [-0.1, -0.05) is 53.0 Å². The van der Waals surface area contributed by atoms with Crippen molar-refractivity contribution in [3.63, 3.8) is 0 Å². The molecule has 2 amide bonds. The molecule has 198 valence electrons. The van der Waals surface area contributed by atoms with Crippen LogP contribution < -0.4 is 5.32 Å². The van der Waals surface area contributed by atoms with Gasteiger partial charge in [0.15, 0.2) is 0 Å². The van der Waals surface area contributed by atoms with Gasteiger partial charge in [-0.25, -0.2) is 4.79 Å². The maximum absolute atomic E-state index is 13.8. The predicted molar refractivity (Wildman–Crippen MR) is 140 cm³/mol. The fraction of sp³-hybridized carbons (Fsp3) is 0.750. The number of piperidine rings is 1. The van der Waals surface area contributed by atoms with E-state index in [1.807, 2.05) is 48.5 Å². The summed E-state index contributed by atoms with van der Waals surface area (Å²) in [7, 11) is 1.72. The van der Waals surface area contributed by atoms with Crippen molar-refractivity contribution in [3.05, 3.63) is 11.6 Å². The van der Waals surface area contributed by atoms with E-state index in [9.17, 15) is 14.4 Å². The Labute approximate surface area is 213 Å². The highest BCUT2D eigenvalue weighted by atomic mass is 16.5. The molecular formula is C28H47N3O4. The van der Waals surface area contributed by atoms with E-state index in [1.165, 1.54) is 0 Å². The van der Waals surface area contributed by atoms with Crippen LogP contribution in [0.15, 0.2) is 11.6 Å². The van der Waals surface area contributed by atoms with Gasteiger partial charge in [-0.05, 0) is 51.9 Å². The Morgan fingerprint density at radius 2 is 1.80 bits per heavy atom. The number of likely N-dealkylation sites (tertiary alicyclic amines) is 1. The lowest BCUT2D eigenvalue weighted by molar-refractivity contribution is -0.142. The molecule has 0 aromatic heterocycles. The first kappa shape index (κ1) is 30.7. The quantitative estimate of drug-likeness (QED) is 0.303. The van der Waals surface area contributed by atoms with Gasteiger partial charge in [-0.3, -0.25) is 14.5 Å². The second-order valence-corrected chi connectivity index (χ2v) is 11.5. The van der Waals surface area contributed by atoms with Crippen LogP contribution in [0.4, 0.5) is 0 Å². The minimum Gasteiger partial charge on any atom is -0.463 e. The van der Waals surface area contributed by atoms with Crippen LogP contribution in [0.2, 0.25) is 0 Å². The number of carbonyl (C=O) groups is 3. The first-order valence-electron chi connectivity index (χ1n) is 12.8. The normalized spacial score (nSPS) is 19.5. The van der Waals surface area contributed by atoms with Gasteiger partial charge in [0, 0.05) is 19.2 Å². The van der Waals surface area contributed by atoms with Gasteiger partial charge < -0.3 is 15.0 Å². The van der Waals surface area contributed by atoms with Crippen LogP contribution >= 0.6 is 0 Å². The number of esters is 1. The van der Waals surface area contributed by atoms with Crippen LogP contribution in [0.25, 0.3) is 0 Å². The van der Waals surface area contributed by atoms with Crippen LogP contribution in [-0.2, 0) is 19.1 Å². The van der Waals surface area contributed by atoms with Gasteiger partial charge in [0.25, 0.3) is 0 Å². The van der Waals surface area contributed by atoms with Crippen molar-refractivity contribution >= 4 is 17.8 Å². The predicted octanol–water partition coefficient (Wildman–Crippen LogP) is 3.78. The highest BCUT2D eigenvalue weighted by Gasteiger charge is 2.41. The van der Waals surface area contributed by atoms with Crippen molar-refractivity contribution in [2.24, 2.45) is 11.3 Å². The molecule has 1 N–H and O–H groups in total. The number of carbonyl (C=O) groups excluding carboxylic acids is 3. The number of ether oxygens (including phenoxy) is 1. The van der Waals surface area contributed by atoms with E-state index in [0.717, 1.165) is 19.4 Å². The van der Waals surface area contributed by atoms with Crippen molar-refractivity contribution in [1.29, 1.82) is 0 Å². The monoisotopic (exact) mass is 489 g/mol. The SMILES string of the molecule is C#CC(C)(C)N1CCCC[C@@H]1C(=O)NC(C(=O)N(C)C(/C=C(\C)C(=O)OCC)C(C)C)C(C)(C)C. The molecule has 1 heterocycles. The number of terminal acetylenes is 1. The zero-order valence-electron chi connectivity index (χ0n) is 23.5. The average Bonchev–Trinajstić information content (AvgIpc) is 2.78. The summed E-state index contributed by atoms with van der Waals surface area (Å²) in [5.41, 5.74) is -0.627. The molecule has 0 spiro atoms. The molecule has 0 aliphatic carbocycles. The van der Waals surface area contributed by atoms with Gasteiger partial charge in [-0.15, -0.1) is 6.42 Å². The van der Waals surface area contributed by atoms with Gasteiger partial charge in [-0.2, -0.15) is 0 Å². The summed E-state index contributed by atoms with van der Waals surface area (Å²) in [5, 5.41) is 3.07. The van der Waals surface area contributed by atoms with Gasteiger partial charge in [0.2, 0.25) is 11.8 Å². The van der Waals surface area contributed by atoms with E-state index in [-0.39, 0.29) is 36.4 Å². The lowest BCUT2D eigenvalue weighted by atomic mass is 9.84. The fourth-order valence-corrected chi connectivity index (χ4v) is 4.51. The topological polar surface area (TPSA) is 79.0 Å². The Hall–Kier alpha value is -2.33. The molecule has 1 fully saturated rings. The van der Waals surface area contributed by atoms with Crippen LogP contribution in [0.5, 0.6) is 0 Å². The third kappa shape index (κ3) is 8.10. The molecule has 1 aliphatic rings. The Balaban J connectivity index is 3.23. The molecule has 1 aliphatic heterocycles. The highest BCUT2D eigenvalue weighted by Crippen LogP contribution is 2.28. The summed E-state index contributed by atoms with van der Waals surface area (Å²) in [6.07, 6.45) is 10.2. The number of rotatable bonds is 9. The Bertz CT molecular complexity index is 832. The molecule has 0 saturated carbocycles. The molecule has 1 rings (SSSR count). The van der Waals surface area contributed by atoms with Crippen LogP contribution in [0, 0.1) is 23.7 Å². The summed E-state index contributed by atoms with van der Waals surface area (Å²) >= 11 is 0. The number of hydrogen-bond acceptors (Lipinski definition) is 5. The number of amides is 2. The van der Waals surface area contributed by atoms with Crippen molar-refractivity contribution in [2.75, 3.05) is 20.2 Å². The van der Waals surface area contributed by atoms with Crippen molar-refractivity contribution in [1.82, 2.24) is 15.1 Å². The minimum absolute atomic E-state index is 0.0508. The molecule has 0 bridgehead atoms. The second kappa shape index (κ2) is 12.6. The lowest BCUT2D eigenvalue weighted by Crippen LogP contribution is -2.62. The summed E-state index contributed by atoms with van der Waals surface area (Å²) in [5.74, 6) is 2.10. The number of nitrogens with one attached hydrogen (secondary N) is 1. The molecule has 7 nitrogen and oxygen atoms in total. The van der Waals surface area contributed by atoms with E-state index in [4.69, 9.17) is 11.2 Å². The van der Waals surface area contributed by atoms with E-state index >= 15 is 0 Å².